The Morgan fingerprint density at radius 1 is 1.06 bits per heavy atom. The number of carbonyl (C=O) groups excluding carboxylic acids is 1. The molecule has 6 nitrogen and oxygen atoms in total. The van der Waals surface area contributed by atoms with Gasteiger partial charge in [-0.05, 0) is 61.7 Å². The number of aryl methyl sites for hydroxylation is 1. The maximum atomic E-state index is 13.6. The van der Waals surface area contributed by atoms with Crippen molar-refractivity contribution >= 4 is 17.5 Å². The van der Waals surface area contributed by atoms with Gasteiger partial charge in [-0.25, -0.2) is 4.68 Å². The molecule has 2 aromatic carbocycles. The van der Waals surface area contributed by atoms with Crippen LogP contribution in [0.5, 0.6) is 5.75 Å². The summed E-state index contributed by atoms with van der Waals surface area (Å²) in [6, 6.07) is 16.3. The Kier molecular flexibility index (Phi) is 6.61. The summed E-state index contributed by atoms with van der Waals surface area (Å²) in [5, 5.41) is 5.09. The van der Waals surface area contributed by atoms with Gasteiger partial charge < -0.3 is 9.64 Å². The lowest BCUT2D eigenvalue weighted by atomic mass is 10.0. The molecular weight excluding hydrogens is 426 g/mol. The first-order valence-electron chi connectivity index (χ1n) is 10.8. The summed E-state index contributed by atoms with van der Waals surface area (Å²) in [6.07, 6.45) is 3.81. The Labute approximate surface area is 192 Å². The van der Waals surface area contributed by atoms with Gasteiger partial charge in [0.25, 0.3) is 5.91 Å². The minimum atomic E-state index is -0.365. The van der Waals surface area contributed by atoms with Crippen molar-refractivity contribution in [2.45, 2.75) is 38.6 Å². The number of hydrogen-bond donors (Lipinski definition) is 0. The van der Waals surface area contributed by atoms with Crippen LogP contribution in [0.25, 0.3) is 5.69 Å². The number of rotatable bonds is 4. The highest BCUT2D eigenvalue weighted by molar-refractivity contribution is 6.30. The van der Waals surface area contributed by atoms with Crippen molar-refractivity contribution in [3.05, 3.63) is 86.8 Å². The fourth-order valence-electron chi connectivity index (χ4n) is 4.20. The van der Waals surface area contributed by atoms with E-state index in [0.717, 1.165) is 42.7 Å². The van der Waals surface area contributed by atoms with Crippen molar-refractivity contribution in [2.75, 3.05) is 13.7 Å². The summed E-state index contributed by atoms with van der Waals surface area (Å²) in [6.45, 7) is 2.38. The van der Waals surface area contributed by atoms with E-state index in [-0.39, 0.29) is 23.1 Å². The average molecular weight is 452 g/mol. The van der Waals surface area contributed by atoms with Gasteiger partial charge in [-0.3, -0.25) is 9.59 Å². The number of aromatic nitrogens is 2. The van der Waals surface area contributed by atoms with Gasteiger partial charge in [-0.2, -0.15) is 5.10 Å². The summed E-state index contributed by atoms with van der Waals surface area (Å²) in [5.41, 5.74) is 1.99. The molecule has 1 fully saturated rings. The van der Waals surface area contributed by atoms with Gasteiger partial charge >= 0.3 is 0 Å². The van der Waals surface area contributed by atoms with Crippen molar-refractivity contribution in [1.29, 1.82) is 0 Å². The Morgan fingerprint density at radius 2 is 1.78 bits per heavy atom. The van der Waals surface area contributed by atoms with E-state index in [9.17, 15) is 9.59 Å². The molecule has 1 aromatic heterocycles. The van der Waals surface area contributed by atoms with E-state index >= 15 is 0 Å². The van der Waals surface area contributed by atoms with Crippen LogP contribution in [0.3, 0.4) is 0 Å². The van der Waals surface area contributed by atoms with Gasteiger partial charge in [0, 0.05) is 23.3 Å². The first kappa shape index (κ1) is 22.1. The molecule has 0 aliphatic carbocycles. The molecule has 4 rings (SSSR count). The second-order valence-corrected chi connectivity index (χ2v) is 8.46. The molecule has 1 saturated heterocycles. The minimum absolute atomic E-state index is 0.0639. The van der Waals surface area contributed by atoms with E-state index in [1.807, 2.05) is 36.4 Å². The number of benzene rings is 2. The van der Waals surface area contributed by atoms with Crippen molar-refractivity contribution in [1.82, 2.24) is 14.7 Å². The third kappa shape index (κ3) is 4.55. The Bertz CT molecular complexity index is 1160. The number of ether oxygens (including phenoxy) is 1. The molecule has 1 atom stereocenters. The van der Waals surface area contributed by atoms with Gasteiger partial charge in [-0.1, -0.05) is 36.6 Å². The predicted octanol–water partition coefficient (Wildman–Crippen LogP) is 4.96. The molecule has 3 aromatic rings. The van der Waals surface area contributed by atoms with E-state index in [1.165, 1.54) is 6.07 Å². The zero-order valence-corrected chi connectivity index (χ0v) is 19.0. The van der Waals surface area contributed by atoms with Crippen molar-refractivity contribution in [3.63, 3.8) is 0 Å². The van der Waals surface area contributed by atoms with Crippen molar-refractivity contribution in [2.24, 2.45) is 0 Å². The van der Waals surface area contributed by atoms with Crippen LogP contribution < -0.4 is 10.2 Å². The Morgan fingerprint density at radius 3 is 2.47 bits per heavy atom. The smallest absolute Gasteiger partial charge is 0.278 e. The molecule has 0 N–H and O–H groups in total. The summed E-state index contributed by atoms with van der Waals surface area (Å²) < 4.78 is 6.89. The van der Waals surface area contributed by atoms with Gasteiger partial charge in [0.2, 0.25) is 5.43 Å². The lowest BCUT2D eigenvalue weighted by Gasteiger charge is -2.30. The Hall–Kier alpha value is -3.12. The number of halogens is 1. The molecular formula is C25H26ClN3O3. The van der Waals surface area contributed by atoms with Gasteiger partial charge in [-0.15, -0.1) is 0 Å². The highest BCUT2D eigenvalue weighted by Gasteiger charge is 2.30. The summed E-state index contributed by atoms with van der Waals surface area (Å²) >= 11 is 6.01. The second kappa shape index (κ2) is 9.57. The molecule has 0 radical (unpaired) electrons. The number of likely N-dealkylation sites (tertiary alicyclic amines) is 1. The third-order valence-electron chi connectivity index (χ3n) is 5.90. The molecule has 1 amide bonds. The van der Waals surface area contributed by atoms with E-state index in [1.54, 1.807) is 35.7 Å². The van der Waals surface area contributed by atoms with Gasteiger partial charge in [0.1, 0.15) is 5.75 Å². The highest BCUT2D eigenvalue weighted by Crippen LogP contribution is 2.32. The SMILES string of the molecule is COc1ccc(C2CCCCCN2C(=O)c2nn(-c3ccc(Cl)cc3)c(C)cc2=O)cc1. The number of hydrogen-bond acceptors (Lipinski definition) is 4. The lowest BCUT2D eigenvalue weighted by Crippen LogP contribution is -2.39. The fraction of sp³-hybridized carbons (Fsp3) is 0.320. The van der Waals surface area contributed by atoms with Crippen LogP contribution in [0.2, 0.25) is 5.02 Å². The summed E-state index contributed by atoms with van der Waals surface area (Å²) in [7, 11) is 1.63. The van der Waals surface area contributed by atoms with E-state index in [0.29, 0.717) is 17.3 Å². The topological polar surface area (TPSA) is 64.4 Å². The zero-order valence-electron chi connectivity index (χ0n) is 18.3. The average Bonchev–Trinajstić information content (AvgIpc) is 3.06. The van der Waals surface area contributed by atoms with Crippen LogP contribution in [0.15, 0.2) is 59.4 Å². The van der Waals surface area contributed by atoms with E-state index in [4.69, 9.17) is 16.3 Å². The summed E-state index contributed by atoms with van der Waals surface area (Å²) in [4.78, 5) is 28.3. The van der Waals surface area contributed by atoms with Crippen molar-refractivity contribution in [3.8, 4) is 11.4 Å². The van der Waals surface area contributed by atoms with Gasteiger partial charge in [0.15, 0.2) is 5.69 Å². The molecule has 0 bridgehead atoms. The van der Waals surface area contributed by atoms with Crippen LogP contribution in [0.1, 0.15) is 53.5 Å². The van der Waals surface area contributed by atoms with Crippen LogP contribution in [-0.4, -0.2) is 34.2 Å². The van der Waals surface area contributed by atoms with E-state index in [2.05, 4.69) is 5.10 Å². The highest BCUT2D eigenvalue weighted by atomic mass is 35.5. The molecule has 1 aliphatic heterocycles. The number of nitrogens with zero attached hydrogens (tertiary/aromatic N) is 3. The maximum absolute atomic E-state index is 13.6. The maximum Gasteiger partial charge on any atom is 0.278 e. The summed E-state index contributed by atoms with van der Waals surface area (Å²) in [5.74, 6) is 0.437. The largest absolute Gasteiger partial charge is 0.497 e. The van der Waals surface area contributed by atoms with E-state index < -0.39 is 0 Å². The zero-order chi connectivity index (χ0) is 22.7. The number of amides is 1. The molecule has 1 aliphatic rings. The molecule has 2 heterocycles. The molecule has 7 heteroatoms. The predicted molar refractivity (Wildman–Crippen MR) is 125 cm³/mol. The monoisotopic (exact) mass is 451 g/mol. The third-order valence-corrected chi connectivity index (χ3v) is 6.15. The fourth-order valence-corrected chi connectivity index (χ4v) is 4.33. The van der Waals surface area contributed by atoms with Crippen LogP contribution >= 0.6 is 11.6 Å². The molecule has 32 heavy (non-hydrogen) atoms. The quantitative estimate of drug-likeness (QED) is 0.562. The van der Waals surface area contributed by atoms with Crippen LogP contribution in [0, 0.1) is 6.92 Å². The molecule has 1 unspecified atom stereocenters. The molecule has 0 saturated carbocycles. The minimum Gasteiger partial charge on any atom is -0.497 e. The lowest BCUT2D eigenvalue weighted by molar-refractivity contribution is 0.0671. The first-order valence-corrected chi connectivity index (χ1v) is 11.2. The Balaban J connectivity index is 1.72. The molecule has 166 valence electrons. The first-order chi connectivity index (χ1) is 15.5. The van der Waals surface area contributed by atoms with Crippen LogP contribution in [0.4, 0.5) is 0 Å². The second-order valence-electron chi connectivity index (χ2n) is 8.02. The van der Waals surface area contributed by atoms with Gasteiger partial charge in [0.05, 0.1) is 18.8 Å². The normalized spacial score (nSPS) is 16.5. The van der Waals surface area contributed by atoms with Crippen LogP contribution in [-0.2, 0) is 0 Å². The standard InChI is InChI=1S/C25H26ClN3O3/c1-17-16-23(30)24(27-29(17)20-11-9-19(26)10-12-20)25(31)28-15-5-3-4-6-22(28)18-7-13-21(32-2)14-8-18/h7-14,16,22H,3-6,15H2,1-2H3. The number of carbonyl (C=O) groups is 1. The van der Waals surface area contributed by atoms with Crippen molar-refractivity contribution < 1.29 is 9.53 Å². The molecule has 0 spiro atoms. The number of methoxy groups -OCH3 is 1.